The van der Waals surface area contributed by atoms with Crippen LogP contribution in [0, 0.1) is 5.92 Å². The highest BCUT2D eigenvalue weighted by Gasteiger charge is 2.22. The second kappa shape index (κ2) is 6.34. The Morgan fingerprint density at radius 1 is 1.18 bits per heavy atom. The Kier molecular flexibility index (Phi) is 4.08. The Hall–Kier alpha value is -1.46. The van der Waals surface area contributed by atoms with Gasteiger partial charge in [0.05, 0.1) is 0 Å². The molecule has 1 atom stereocenters. The number of hydrogen-bond donors (Lipinski definition) is 2. The van der Waals surface area contributed by atoms with Crippen molar-refractivity contribution in [2.45, 2.75) is 44.7 Å². The number of piperidine rings is 1. The fourth-order valence-electron chi connectivity index (χ4n) is 3.83. The van der Waals surface area contributed by atoms with Gasteiger partial charge in [0, 0.05) is 25.2 Å². The van der Waals surface area contributed by atoms with E-state index in [4.69, 9.17) is 4.98 Å². The molecule has 2 aromatic heterocycles. The summed E-state index contributed by atoms with van der Waals surface area (Å²) in [7, 11) is 0. The van der Waals surface area contributed by atoms with Crippen molar-refractivity contribution in [3.05, 3.63) is 24.2 Å². The van der Waals surface area contributed by atoms with Gasteiger partial charge in [0.1, 0.15) is 11.3 Å². The van der Waals surface area contributed by atoms with Crippen LogP contribution in [0.25, 0.3) is 11.2 Å². The molecule has 118 valence electrons. The first-order valence-corrected chi connectivity index (χ1v) is 8.64. The summed E-state index contributed by atoms with van der Waals surface area (Å²) < 4.78 is 2.39. The number of nitrogens with zero attached hydrogens (tertiary/aromatic N) is 3. The maximum atomic E-state index is 4.89. The van der Waals surface area contributed by atoms with E-state index < -0.39 is 0 Å². The summed E-state index contributed by atoms with van der Waals surface area (Å²) in [5.74, 6) is 1.96. The number of hydrogen-bond acceptors (Lipinski definition) is 4. The highest BCUT2D eigenvalue weighted by atomic mass is 15.1. The van der Waals surface area contributed by atoms with E-state index in [1.54, 1.807) is 0 Å². The second-order valence-corrected chi connectivity index (χ2v) is 6.68. The number of rotatable bonds is 4. The first-order chi connectivity index (χ1) is 10.9. The predicted molar refractivity (Wildman–Crippen MR) is 87.9 cm³/mol. The first-order valence-electron chi connectivity index (χ1n) is 8.64. The quantitative estimate of drug-likeness (QED) is 0.903. The van der Waals surface area contributed by atoms with E-state index >= 15 is 0 Å². The summed E-state index contributed by atoms with van der Waals surface area (Å²) in [5.41, 5.74) is 2.11. The molecule has 4 rings (SSSR count). The Morgan fingerprint density at radius 2 is 2.09 bits per heavy atom. The summed E-state index contributed by atoms with van der Waals surface area (Å²) >= 11 is 0. The van der Waals surface area contributed by atoms with Crippen LogP contribution in [0.15, 0.2) is 18.3 Å². The second-order valence-electron chi connectivity index (χ2n) is 6.68. The SMILES string of the molecule is c1cnc2c(c1)nc(CC1CCCN1)n2CC1CCNCC1. The lowest BCUT2D eigenvalue weighted by Crippen LogP contribution is -2.31. The number of fused-ring (bicyclic) bond motifs is 1. The maximum absolute atomic E-state index is 4.89. The molecule has 0 amide bonds. The third kappa shape index (κ3) is 2.88. The molecule has 1 unspecified atom stereocenters. The molecule has 2 aromatic rings. The van der Waals surface area contributed by atoms with E-state index in [0.29, 0.717) is 6.04 Å². The Labute approximate surface area is 131 Å². The zero-order chi connectivity index (χ0) is 14.8. The molecule has 22 heavy (non-hydrogen) atoms. The van der Waals surface area contributed by atoms with E-state index in [0.717, 1.165) is 49.7 Å². The highest BCUT2D eigenvalue weighted by molar-refractivity contribution is 5.71. The van der Waals surface area contributed by atoms with Gasteiger partial charge in [-0.2, -0.15) is 0 Å². The van der Waals surface area contributed by atoms with Crippen molar-refractivity contribution in [2.75, 3.05) is 19.6 Å². The zero-order valence-electron chi connectivity index (χ0n) is 13.1. The number of imidazole rings is 1. The molecule has 0 radical (unpaired) electrons. The predicted octanol–water partition coefficient (Wildman–Crippen LogP) is 1.73. The minimum Gasteiger partial charge on any atom is -0.317 e. The van der Waals surface area contributed by atoms with Crippen molar-refractivity contribution >= 4 is 11.2 Å². The highest BCUT2D eigenvalue weighted by Crippen LogP contribution is 2.22. The van der Waals surface area contributed by atoms with E-state index in [1.807, 2.05) is 12.3 Å². The van der Waals surface area contributed by atoms with Crippen LogP contribution in [-0.4, -0.2) is 40.2 Å². The van der Waals surface area contributed by atoms with E-state index in [2.05, 4.69) is 26.3 Å². The minimum atomic E-state index is 0.587. The lowest BCUT2D eigenvalue weighted by Gasteiger charge is -2.24. The van der Waals surface area contributed by atoms with Crippen LogP contribution in [-0.2, 0) is 13.0 Å². The van der Waals surface area contributed by atoms with Crippen LogP contribution in [0.5, 0.6) is 0 Å². The normalized spacial score (nSPS) is 23.4. The Balaban J connectivity index is 1.63. The largest absolute Gasteiger partial charge is 0.317 e. The summed E-state index contributed by atoms with van der Waals surface area (Å²) in [6.45, 7) is 4.50. The monoisotopic (exact) mass is 299 g/mol. The lowest BCUT2D eigenvalue weighted by atomic mass is 9.98. The van der Waals surface area contributed by atoms with Gasteiger partial charge in [-0.1, -0.05) is 0 Å². The molecular weight excluding hydrogens is 274 g/mol. The number of aromatic nitrogens is 3. The molecule has 5 heteroatoms. The van der Waals surface area contributed by atoms with Crippen LogP contribution in [0.1, 0.15) is 31.5 Å². The number of pyridine rings is 1. The topological polar surface area (TPSA) is 54.8 Å². The van der Waals surface area contributed by atoms with Crippen LogP contribution >= 0.6 is 0 Å². The summed E-state index contributed by atoms with van der Waals surface area (Å²) in [5, 5.41) is 7.05. The van der Waals surface area contributed by atoms with Gasteiger partial charge in [0.2, 0.25) is 0 Å². The van der Waals surface area contributed by atoms with Gasteiger partial charge in [0.25, 0.3) is 0 Å². The van der Waals surface area contributed by atoms with Crippen LogP contribution in [0.3, 0.4) is 0 Å². The maximum Gasteiger partial charge on any atom is 0.159 e. The van der Waals surface area contributed by atoms with Gasteiger partial charge in [0.15, 0.2) is 5.65 Å². The number of nitrogens with one attached hydrogen (secondary N) is 2. The average Bonchev–Trinajstić information content (AvgIpc) is 3.18. The van der Waals surface area contributed by atoms with E-state index in [-0.39, 0.29) is 0 Å². The molecule has 2 aliphatic heterocycles. The van der Waals surface area contributed by atoms with Crippen molar-refractivity contribution in [3.63, 3.8) is 0 Å². The van der Waals surface area contributed by atoms with E-state index in [9.17, 15) is 0 Å². The molecule has 5 nitrogen and oxygen atoms in total. The van der Waals surface area contributed by atoms with Gasteiger partial charge in [-0.25, -0.2) is 9.97 Å². The summed E-state index contributed by atoms with van der Waals surface area (Å²) in [6.07, 6.45) is 7.99. The van der Waals surface area contributed by atoms with E-state index in [1.165, 1.54) is 31.5 Å². The third-order valence-electron chi connectivity index (χ3n) is 5.07. The molecular formula is C17H25N5. The summed E-state index contributed by atoms with van der Waals surface area (Å²) in [6, 6.07) is 4.66. The Bertz CT molecular complexity index is 623. The van der Waals surface area contributed by atoms with Crippen molar-refractivity contribution in [1.82, 2.24) is 25.2 Å². The fourth-order valence-corrected chi connectivity index (χ4v) is 3.83. The van der Waals surface area contributed by atoms with Crippen molar-refractivity contribution < 1.29 is 0 Å². The van der Waals surface area contributed by atoms with Crippen LogP contribution < -0.4 is 10.6 Å². The summed E-state index contributed by atoms with van der Waals surface area (Å²) in [4.78, 5) is 9.49. The van der Waals surface area contributed by atoms with Gasteiger partial charge in [-0.3, -0.25) is 0 Å². The first kappa shape index (κ1) is 14.2. The molecule has 4 heterocycles. The molecule has 2 saturated heterocycles. The van der Waals surface area contributed by atoms with Gasteiger partial charge in [-0.05, 0) is 63.4 Å². The molecule has 0 saturated carbocycles. The van der Waals surface area contributed by atoms with Crippen molar-refractivity contribution in [2.24, 2.45) is 5.92 Å². The van der Waals surface area contributed by atoms with Crippen LogP contribution in [0.4, 0.5) is 0 Å². The molecule has 0 aromatic carbocycles. The molecule has 2 N–H and O–H groups in total. The van der Waals surface area contributed by atoms with Gasteiger partial charge >= 0.3 is 0 Å². The van der Waals surface area contributed by atoms with Crippen molar-refractivity contribution in [3.8, 4) is 0 Å². The molecule has 2 aliphatic rings. The molecule has 2 fully saturated rings. The van der Waals surface area contributed by atoms with Crippen LogP contribution in [0.2, 0.25) is 0 Å². The third-order valence-corrected chi connectivity index (χ3v) is 5.07. The zero-order valence-corrected chi connectivity index (χ0v) is 13.1. The fraction of sp³-hybridized carbons (Fsp3) is 0.647. The van der Waals surface area contributed by atoms with Gasteiger partial charge in [-0.15, -0.1) is 0 Å². The standard InChI is InChI=1S/C17H25N5/c1-3-14(19-7-1)11-16-21-15-4-2-8-20-17(15)22(16)12-13-5-9-18-10-6-13/h2,4,8,13-14,18-19H,1,3,5-7,9-12H2. The smallest absolute Gasteiger partial charge is 0.159 e. The molecule has 0 spiro atoms. The van der Waals surface area contributed by atoms with Crippen molar-refractivity contribution in [1.29, 1.82) is 0 Å². The average molecular weight is 299 g/mol. The lowest BCUT2D eigenvalue weighted by molar-refractivity contribution is 0.331. The molecule has 0 aliphatic carbocycles. The minimum absolute atomic E-state index is 0.587. The molecule has 0 bridgehead atoms. The Morgan fingerprint density at radius 3 is 2.91 bits per heavy atom. The van der Waals surface area contributed by atoms with Gasteiger partial charge < -0.3 is 15.2 Å².